The Balaban J connectivity index is 2.11. The van der Waals surface area contributed by atoms with E-state index < -0.39 is 0 Å². The van der Waals surface area contributed by atoms with Crippen molar-refractivity contribution < 1.29 is 13.9 Å². The highest BCUT2D eigenvalue weighted by Gasteiger charge is 2.11. The number of hydrogen-bond donors (Lipinski definition) is 1. The molecule has 0 atom stereocenters. The molecule has 0 radical (unpaired) electrons. The summed E-state index contributed by atoms with van der Waals surface area (Å²) in [5.74, 6) is 0.918. The molecule has 0 heterocycles. The Hall–Kier alpha value is -1.94. The summed E-state index contributed by atoms with van der Waals surface area (Å²) in [5, 5.41) is 3.72. The van der Waals surface area contributed by atoms with Gasteiger partial charge in [0.1, 0.15) is 5.82 Å². The first-order valence-electron chi connectivity index (χ1n) is 7.12. The highest BCUT2D eigenvalue weighted by molar-refractivity contribution is 6.32. The van der Waals surface area contributed by atoms with E-state index in [4.69, 9.17) is 21.1 Å². The molecule has 118 valence electrons. The molecule has 0 aliphatic carbocycles. The fourth-order valence-corrected chi connectivity index (χ4v) is 2.28. The molecule has 0 bridgehead atoms. The number of benzene rings is 2. The van der Waals surface area contributed by atoms with E-state index in [1.54, 1.807) is 19.2 Å². The Morgan fingerprint density at radius 1 is 1.18 bits per heavy atom. The first kappa shape index (κ1) is 16.4. The summed E-state index contributed by atoms with van der Waals surface area (Å²) in [5.41, 5.74) is 1.79. The van der Waals surface area contributed by atoms with Gasteiger partial charge in [-0.25, -0.2) is 4.39 Å². The Morgan fingerprint density at radius 3 is 2.55 bits per heavy atom. The molecule has 0 amide bonds. The maximum atomic E-state index is 12.9. The predicted molar refractivity (Wildman–Crippen MR) is 87.5 cm³/mol. The van der Waals surface area contributed by atoms with Gasteiger partial charge in [-0.1, -0.05) is 18.5 Å². The van der Waals surface area contributed by atoms with E-state index in [1.807, 2.05) is 19.1 Å². The zero-order valence-electron chi connectivity index (χ0n) is 12.7. The van der Waals surface area contributed by atoms with Crippen LogP contribution in [0.5, 0.6) is 11.5 Å². The van der Waals surface area contributed by atoms with Crippen molar-refractivity contribution in [3.05, 3.63) is 52.8 Å². The molecule has 0 saturated heterocycles. The fraction of sp³-hybridized carbons (Fsp3) is 0.294. The quantitative estimate of drug-likeness (QED) is 0.787. The lowest BCUT2D eigenvalue weighted by Crippen LogP contribution is -2.03. The fourth-order valence-electron chi connectivity index (χ4n) is 1.99. The van der Waals surface area contributed by atoms with Crippen LogP contribution in [-0.2, 0) is 6.54 Å². The van der Waals surface area contributed by atoms with Crippen LogP contribution in [0.15, 0.2) is 36.4 Å². The number of hydrogen-bond acceptors (Lipinski definition) is 3. The van der Waals surface area contributed by atoms with Crippen molar-refractivity contribution in [2.45, 2.75) is 19.9 Å². The lowest BCUT2D eigenvalue weighted by Gasteiger charge is -2.14. The number of rotatable bonds is 7. The molecule has 1 N–H and O–H groups in total. The van der Waals surface area contributed by atoms with Crippen molar-refractivity contribution in [3.63, 3.8) is 0 Å². The number of methoxy groups -OCH3 is 1. The van der Waals surface area contributed by atoms with Crippen molar-refractivity contribution in [2.24, 2.45) is 0 Å². The Bertz CT molecular complexity index is 617. The Morgan fingerprint density at radius 2 is 1.91 bits per heavy atom. The molecule has 2 aromatic carbocycles. The van der Waals surface area contributed by atoms with Gasteiger partial charge in [0.2, 0.25) is 0 Å². The lowest BCUT2D eigenvalue weighted by atomic mass is 10.2. The van der Waals surface area contributed by atoms with Gasteiger partial charge in [-0.05, 0) is 48.4 Å². The normalized spacial score (nSPS) is 10.4. The molecule has 0 aliphatic heterocycles. The Kier molecular flexibility index (Phi) is 5.90. The van der Waals surface area contributed by atoms with Crippen LogP contribution in [0.25, 0.3) is 0 Å². The van der Waals surface area contributed by atoms with E-state index in [1.165, 1.54) is 12.1 Å². The molecule has 0 unspecified atom stereocenters. The molecule has 3 nitrogen and oxygen atoms in total. The van der Waals surface area contributed by atoms with Gasteiger partial charge in [0, 0.05) is 12.2 Å². The zero-order chi connectivity index (χ0) is 15.9. The predicted octanol–water partition coefficient (Wildman–Crippen LogP) is 4.89. The van der Waals surface area contributed by atoms with Crippen molar-refractivity contribution in [1.29, 1.82) is 0 Å². The van der Waals surface area contributed by atoms with Gasteiger partial charge in [-0.2, -0.15) is 0 Å². The minimum Gasteiger partial charge on any atom is -0.493 e. The molecular formula is C17H19ClFNO2. The van der Waals surface area contributed by atoms with E-state index in [-0.39, 0.29) is 5.82 Å². The van der Waals surface area contributed by atoms with Gasteiger partial charge in [-0.3, -0.25) is 0 Å². The first-order chi connectivity index (χ1) is 10.6. The summed E-state index contributed by atoms with van der Waals surface area (Å²) < 4.78 is 23.8. The summed E-state index contributed by atoms with van der Waals surface area (Å²) in [6, 6.07) is 9.92. The van der Waals surface area contributed by atoms with Crippen LogP contribution in [-0.4, -0.2) is 13.7 Å². The standard InChI is InChI=1S/C17H19ClFNO2/c1-3-8-22-17-15(18)9-12(10-16(17)21-2)11-20-14-6-4-13(19)5-7-14/h4-7,9-10,20H,3,8,11H2,1-2H3. The van der Waals surface area contributed by atoms with Crippen LogP contribution < -0.4 is 14.8 Å². The van der Waals surface area contributed by atoms with Crippen LogP contribution in [0.4, 0.5) is 10.1 Å². The molecule has 2 aromatic rings. The third-order valence-corrected chi connectivity index (χ3v) is 3.36. The molecule has 5 heteroatoms. The third kappa shape index (κ3) is 4.28. The minimum absolute atomic E-state index is 0.257. The van der Waals surface area contributed by atoms with Gasteiger partial charge in [-0.15, -0.1) is 0 Å². The third-order valence-electron chi connectivity index (χ3n) is 3.08. The molecule has 2 rings (SSSR count). The van der Waals surface area contributed by atoms with E-state index >= 15 is 0 Å². The van der Waals surface area contributed by atoms with Crippen LogP contribution in [0.2, 0.25) is 5.02 Å². The van der Waals surface area contributed by atoms with Crippen molar-refractivity contribution in [1.82, 2.24) is 0 Å². The van der Waals surface area contributed by atoms with Crippen LogP contribution in [0.1, 0.15) is 18.9 Å². The molecule has 0 aromatic heterocycles. The van der Waals surface area contributed by atoms with Gasteiger partial charge in [0.25, 0.3) is 0 Å². The average Bonchev–Trinajstić information content (AvgIpc) is 2.53. The lowest BCUT2D eigenvalue weighted by molar-refractivity contribution is 0.294. The number of anilines is 1. The van der Waals surface area contributed by atoms with Crippen LogP contribution >= 0.6 is 11.6 Å². The number of halogens is 2. The number of ether oxygens (including phenoxy) is 2. The summed E-state index contributed by atoms with van der Waals surface area (Å²) in [4.78, 5) is 0. The topological polar surface area (TPSA) is 30.5 Å². The molecular weight excluding hydrogens is 305 g/mol. The monoisotopic (exact) mass is 323 g/mol. The second kappa shape index (κ2) is 7.90. The minimum atomic E-state index is -0.257. The van der Waals surface area contributed by atoms with Crippen molar-refractivity contribution in [2.75, 3.05) is 19.0 Å². The molecule has 0 fully saturated rings. The van der Waals surface area contributed by atoms with Crippen LogP contribution in [0.3, 0.4) is 0 Å². The average molecular weight is 324 g/mol. The van der Waals surface area contributed by atoms with Gasteiger partial charge in [0.05, 0.1) is 18.7 Å². The van der Waals surface area contributed by atoms with Crippen LogP contribution in [0, 0.1) is 5.82 Å². The summed E-state index contributed by atoms with van der Waals surface area (Å²) >= 11 is 6.27. The molecule has 0 aliphatic rings. The van der Waals surface area contributed by atoms with E-state index in [0.29, 0.717) is 29.7 Å². The maximum absolute atomic E-state index is 12.9. The second-order valence-corrected chi connectivity index (χ2v) is 5.23. The molecule has 22 heavy (non-hydrogen) atoms. The zero-order valence-corrected chi connectivity index (χ0v) is 13.4. The first-order valence-corrected chi connectivity index (χ1v) is 7.50. The van der Waals surface area contributed by atoms with Crippen molar-refractivity contribution in [3.8, 4) is 11.5 Å². The Labute approximate surface area is 135 Å². The van der Waals surface area contributed by atoms with E-state index in [2.05, 4.69) is 5.32 Å². The molecule has 0 saturated carbocycles. The van der Waals surface area contributed by atoms with Gasteiger partial charge >= 0.3 is 0 Å². The summed E-state index contributed by atoms with van der Waals surface area (Å²) in [7, 11) is 1.58. The van der Waals surface area contributed by atoms with Crippen molar-refractivity contribution >= 4 is 17.3 Å². The number of nitrogens with one attached hydrogen (secondary N) is 1. The van der Waals surface area contributed by atoms with Gasteiger partial charge < -0.3 is 14.8 Å². The van der Waals surface area contributed by atoms with Gasteiger partial charge in [0.15, 0.2) is 11.5 Å². The highest BCUT2D eigenvalue weighted by Crippen LogP contribution is 2.36. The second-order valence-electron chi connectivity index (χ2n) is 4.82. The summed E-state index contributed by atoms with van der Waals surface area (Å²) in [6.07, 6.45) is 0.896. The summed E-state index contributed by atoms with van der Waals surface area (Å²) in [6.45, 7) is 3.17. The van der Waals surface area contributed by atoms with E-state index in [0.717, 1.165) is 17.7 Å². The highest BCUT2D eigenvalue weighted by atomic mass is 35.5. The molecule has 0 spiro atoms. The smallest absolute Gasteiger partial charge is 0.179 e. The van der Waals surface area contributed by atoms with E-state index in [9.17, 15) is 4.39 Å². The maximum Gasteiger partial charge on any atom is 0.179 e. The SMILES string of the molecule is CCCOc1c(Cl)cc(CNc2ccc(F)cc2)cc1OC. The largest absolute Gasteiger partial charge is 0.493 e.